The maximum Gasteiger partial charge on any atom is 0.195 e. The molecule has 0 atom stereocenters. The number of nitrogens with two attached hydrogens (primary N) is 1. The quantitative estimate of drug-likeness (QED) is 0.524. The molecule has 0 aromatic heterocycles. The summed E-state index contributed by atoms with van der Waals surface area (Å²) >= 11 is 2.18. The van der Waals surface area contributed by atoms with E-state index in [-0.39, 0.29) is 5.78 Å². The number of hydrogen-bond acceptors (Lipinski definition) is 2. The Morgan fingerprint density at radius 3 is 2.50 bits per heavy atom. The molecule has 0 radical (unpaired) electrons. The molecule has 0 bridgehead atoms. The zero-order valence-electron chi connectivity index (χ0n) is 8.48. The van der Waals surface area contributed by atoms with E-state index in [0.717, 1.165) is 3.57 Å². The maximum atomic E-state index is 12.1. The highest BCUT2D eigenvalue weighted by Crippen LogP contribution is 2.17. The second-order valence-corrected chi connectivity index (χ2v) is 4.67. The Morgan fingerprint density at radius 2 is 1.81 bits per heavy atom. The van der Waals surface area contributed by atoms with Gasteiger partial charge < -0.3 is 5.73 Å². The minimum atomic E-state index is -0.0309. The number of para-hydroxylation sites is 1. The zero-order valence-corrected chi connectivity index (χ0v) is 10.6. The highest BCUT2D eigenvalue weighted by atomic mass is 127. The van der Waals surface area contributed by atoms with E-state index in [1.807, 2.05) is 30.3 Å². The Bertz CT molecular complexity index is 537. The van der Waals surface area contributed by atoms with Crippen molar-refractivity contribution < 1.29 is 4.79 Å². The van der Waals surface area contributed by atoms with Gasteiger partial charge in [0.05, 0.1) is 0 Å². The van der Waals surface area contributed by atoms with Gasteiger partial charge in [-0.05, 0) is 46.9 Å². The fraction of sp³-hybridized carbons (Fsp3) is 0. The summed E-state index contributed by atoms with van der Waals surface area (Å²) in [7, 11) is 0. The number of carbonyl (C=O) groups is 1. The molecule has 0 saturated carbocycles. The first-order valence-electron chi connectivity index (χ1n) is 4.83. The minimum absolute atomic E-state index is 0.0309. The number of hydrogen-bond donors (Lipinski definition) is 1. The summed E-state index contributed by atoms with van der Waals surface area (Å²) in [6, 6.07) is 14.6. The third-order valence-corrected chi connectivity index (χ3v) is 2.96. The molecule has 0 unspecified atom stereocenters. The summed E-state index contributed by atoms with van der Waals surface area (Å²) in [5, 5.41) is 0. The van der Waals surface area contributed by atoms with Crippen molar-refractivity contribution >= 4 is 34.1 Å². The van der Waals surface area contributed by atoms with Crippen LogP contribution in [-0.2, 0) is 0 Å². The van der Waals surface area contributed by atoms with Crippen LogP contribution in [0.2, 0.25) is 0 Å². The Hall–Kier alpha value is -1.36. The molecule has 0 aliphatic heterocycles. The number of benzene rings is 2. The predicted octanol–water partition coefficient (Wildman–Crippen LogP) is 3.10. The second kappa shape index (κ2) is 4.65. The molecule has 0 aliphatic carbocycles. The van der Waals surface area contributed by atoms with Gasteiger partial charge in [-0.2, -0.15) is 0 Å². The van der Waals surface area contributed by atoms with Crippen molar-refractivity contribution in [3.05, 3.63) is 63.2 Å². The van der Waals surface area contributed by atoms with Crippen molar-refractivity contribution in [1.82, 2.24) is 0 Å². The SMILES string of the molecule is Nc1ccccc1C(=O)c1cccc(I)c1. The molecule has 16 heavy (non-hydrogen) atoms. The molecule has 80 valence electrons. The maximum absolute atomic E-state index is 12.1. The normalized spacial score (nSPS) is 10.1. The molecule has 0 saturated heterocycles. The molecule has 0 aliphatic rings. The van der Waals surface area contributed by atoms with Gasteiger partial charge in [-0.3, -0.25) is 4.79 Å². The number of ketones is 1. The summed E-state index contributed by atoms with van der Waals surface area (Å²) in [5.74, 6) is -0.0309. The highest BCUT2D eigenvalue weighted by molar-refractivity contribution is 14.1. The fourth-order valence-corrected chi connectivity index (χ4v) is 2.03. The lowest BCUT2D eigenvalue weighted by Gasteiger charge is -2.04. The monoisotopic (exact) mass is 323 g/mol. The van der Waals surface area contributed by atoms with Crippen molar-refractivity contribution in [2.75, 3.05) is 5.73 Å². The van der Waals surface area contributed by atoms with Crippen LogP contribution < -0.4 is 5.73 Å². The summed E-state index contributed by atoms with van der Waals surface area (Å²) in [5.41, 5.74) is 7.52. The molecule has 2 N–H and O–H groups in total. The van der Waals surface area contributed by atoms with Gasteiger partial charge in [-0.25, -0.2) is 0 Å². The Morgan fingerprint density at radius 1 is 1.06 bits per heavy atom. The molecule has 0 fully saturated rings. The van der Waals surface area contributed by atoms with Crippen molar-refractivity contribution in [3.8, 4) is 0 Å². The van der Waals surface area contributed by atoms with Crippen LogP contribution in [-0.4, -0.2) is 5.78 Å². The van der Waals surface area contributed by atoms with E-state index in [4.69, 9.17) is 5.73 Å². The molecular formula is C13H10INO. The minimum Gasteiger partial charge on any atom is -0.398 e. The number of anilines is 1. The van der Waals surface area contributed by atoms with Gasteiger partial charge in [-0.15, -0.1) is 0 Å². The van der Waals surface area contributed by atoms with E-state index in [1.54, 1.807) is 18.2 Å². The van der Waals surface area contributed by atoms with Gasteiger partial charge in [0.2, 0.25) is 0 Å². The number of nitrogen functional groups attached to an aromatic ring is 1. The first-order valence-corrected chi connectivity index (χ1v) is 5.91. The van der Waals surface area contributed by atoms with Crippen LogP contribution >= 0.6 is 22.6 Å². The van der Waals surface area contributed by atoms with E-state index >= 15 is 0 Å². The van der Waals surface area contributed by atoms with Gasteiger partial charge in [0.25, 0.3) is 0 Å². The lowest BCUT2D eigenvalue weighted by atomic mass is 10.0. The molecule has 0 heterocycles. The van der Waals surface area contributed by atoms with Crippen LogP contribution in [0.4, 0.5) is 5.69 Å². The van der Waals surface area contributed by atoms with E-state index in [0.29, 0.717) is 16.8 Å². The number of halogens is 1. The van der Waals surface area contributed by atoms with Gasteiger partial charge in [0, 0.05) is 20.4 Å². The molecule has 2 aromatic rings. The van der Waals surface area contributed by atoms with Crippen LogP contribution in [0.15, 0.2) is 48.5 Å². The van der Waals surface area contributed by atoms with Crippen LogP contribution in [0.3, 0.4) is 0 Å². The van der Waals surface area contributed by atoms with E-state index in [9.17, 15) is 4.79 Å². The molecule has 2 nitrogen and oxygen atoms in total. The van der Waals surface area contributed by atoms with Gasteiger partial charge >= 0.3 is 0 Å². The summed E-state index contributed by atoms with van der Waals surface area (Å²) in [6.07, 6.45) is 0. The van der Waals surface area contributed by atoms with Crippen molar-refractivity contribution in [2.45, 2.75) is 0 Å². The van der Waals surface area contributed by atoms with Crippen molar-refractivity contribution in [2.24, 2.45) is 0 Å². The lowest BCUT2D eigenvalue weighted by molar-refractivity contribution is 0.103. The molecular weight excluding hydrogens is 313 g/mol. The van der Waals surface area contributed by atoms with E-state index < -0.39 is 0 Å². The fourth-order valence-electron chi connectivity index (χ4n) is 1.49. The zero-order chi connectivity index (χ0) is 11.5. The summed E-state index contributed by atoms with van der Waals surface area (Å²) in [6.45, 7) is 0. The Kier molecular flexibility index (Phi) is 3.24. The average Bonchev–Trinajstić information content (AvgIpc) is 2.29. The van der Waals surface area contributed by atoms with Gasteiger partial charge in [0.1, 0.15) is 0 Å². The predicted molar refractivity (Wildman–Crippen MR) is 73.4 cm³/mol. The number of rotatable bonds is 2. The highest BCUT2D eigenvalue weighted by Gasteiger charge is 2.11. The van der Waals surface area contributed by atoms with Gasteiger partial charge in [0.15, 0.2) is 5.78 Å². The smallest absolute Gasteiger partial charge is 0.195 e. The van der Waals surface area contributed by atoms with E-state index in [2.05, 4.69) is 22.6 Å². The van der Waals surface area contributed by atoms with Crippen LogP contribution in [0.5, 0.6) is 0 Å². The largest absolute Gasteiger partial charge is 0.398 e. The topological polar surface area (TPSA) is 43.1 Å². The lowest BCUT2D eigenvalue weighted by Crippen LogP contribution is -2.05. The molecule has 0 spiro atoms. The Labute approximate surface area is 108 Å². The summed E-state index contributed by atoms with van der Waals surface area (Å²) in [4.78, 5) is 12.1. The standard InChI is InChI=1S/C13H10INO/c14-10-5-3-4-9(8-10)13(16)11-6-1-2-7-12(11)15/h1-8H,15H2. The third-order valence-electron chi connectivity index (χ3n) is 2.29. The van der Waals surface area contributed by atoms with Crippen LogP contribution in [0.1, 0.15) is 15.9 Å². The third kappa shape index (κ3) is 2.24. The number of carbonyl (C=O) groups excluding carboxylic acids is 1. The van der Waals surface area contributed by atoms with Crippen molar-refractivity contribution in [1.29, 1.82) is 0 Å². The van der Waals surface area contributed by atoms with E-state index in [1.165, 1.54) is 0 Å². The molecule has 2 aromatic carbocycles. The molecule has 3 heteroatoms. The van der Waals surface area contributed by atoms with Crippen molar-refractivity contribution in [3.63, 3.8) is 0 Å². The van der Waals surface area contributed by atoms with Gasteiger partial charge in [-0.1, -0.05) is 24.3 Å². The first-order chi connectivity index (χ1) is 7.68. The summed E-state index contributed by atoms with van der Waals surface area (Å²) < 4.78 is 1.04. The first kappa shape index (κ1) is 11.1. The molecule has 0 amide bonds. The second-order valence-electron chi connectivity index (χ2n) is 3.43. The molecule has 2 rings (SSSR count). The van der Waals surface area contributed by atoms with Crippen LogP contribution in [0, 0.1) is 3.57 Å². The van der Waals surface area contributed by atoms with Crippen LogP contribution in [0.25, 0.3) is 0 Å². The Balaban J connectivity index is 2.44. The average molecular weight is 323 g/mol.